The second kappa shape index (κ2) is 12.2. The molecule has 1 aliphatic heterocycles. The molecule has 0 spiro atoms. The van der Waals surface area contributed by atoms with Gasteiger partial charge in [-0.25, -0.2) is 9.59 Å². The van der Waals surface area contributed by atoms with Gasteiger partial charge in [0, 0.05) is 31.2 Å². The van der Waals surface area contributed by atoms with E-state index in [0.29, 0.717) is 5.70 Å². The lowest BCUT2D eigenvalue weighted by atomic mass is 9.95. The molecule has 0 bridgehead atoms. The first-order valence-electron chi connectivity index (χ1n) is 10.4. The summed E-state index contributed by atoms with van der Waals surface area (Å²) in [7, 11) is 0. The van der Waals surface area contributed by atoms with E-state index in [-0.39, 0.29) is 53.6 Å². The fourth-order valence-corrected chi connectivity index (χ4v) is 4.30. The van der Waals surface area contributed by atoms with Crippen molar-refractivity contribution < 1.29 is 38.1 Å². The summed E-state index contributed by atoms with van der Waals surface area (Å²) in [6.45, 7) is 6.19. The molecule has 1 aromatic carbocycles. The summed E-state index contributed by atoms with van der Waals surface area (Å²) in [4.78, 5) is 48.9. The lowest BCUT2D eigenvalue weighted by molar-refractivity contribution is -0.384. The van der Waals surface area contributed by atoms with Crippen molar-refractivity contribution in [3.8, 4) is 0 Å². The molecular weight excluding hydrogens is 468 g/mol. The zero-order valence-electron chi connectivity index (χ0n) is 19.3. The van der Waals surface area contributed by atoms with Crippen LogP contribution in [0.5, 0.6) is 0 Å². The zero-order valence-corrected chi connectivity index (χ0v) is 20.1. The van der Waals surface area contributed by atoms with Gasteiger partial charge in [0.25, 0.3) is 5.69 Å². The number of benzene rings is 1. The van der Waals surface area contributed by atoms with Gasteiger partial charge in [0.2, 0.25) is 5.94 Å². The average molecular weight is 495 g/mol. The van der Waals surface area contributed by atoms with E-state index in [4.69, 9.17) is 14.2 Å². The highest BCUT2D eigenvalue weighted by Gasteiger charge is 2.36. The van der Waals surface area contributed by atoms with Gasteiger partial charge in [-0.05, 0) is 38.0 Å². The first-order valence-corrected chi connectivity index (χ1v) is 11.9. The van der Waals surface area contributed by atoms with E-state index in [1.54, 1.807) is 26.8 Å². The number of anilines is 1. The fraction of sp³-hybridized carbons (Fsp3) is 0.409. The molecule has 1 aliphatic rings. The van der Waals surface area contributed by atoms with Gasteiger partial charge in [-0.15, -0.1) is 0 Å². The molecule has 1 aromatic rings. The standard InChI is InChI=1S/C22H26N2O9S/c1-5-31-21(26)18-11-19(22(27)32-6-2)20(12-34(30)13-33-15(4)25)23(14(18)3)16-8-7-9-17(10-16)24(28)29/h7-10H,5-6,11-13H2,1-4H3. The number of allylic oxidation sites excluding steroid dienone is 1. The molecule has 1 unspecified atom stereocenters. The summed E-state index contributed by atoms with van der Waals surface area (Å²) in [5.74, 6) is -2.65. The monoisotopic (exact) mass is 494 g/mol. The smallest absolute Gasteiger partial charge is 0.336 e. The highest BCUT2D eigenvalue weighted by molar-refractivity contribution is 7.91. The Hall–Kier alpha value is -3.38. The maximum Gasteiger partial charge on any atom is 0.336 e. The molecule has 0 fully saturated rings. The van der Waals surface area contributed by atoms with Crippen LogP contribution in [0.1, 0.15) is 34.1 Å². The predicted molar refractivity (Wildman–Crippen MR) is 123 cm³/mol. The van der Waals surface area contributed by atoms with Crippen molar-refractivity contribution >= 4 is 40.5 Å². The third-order valence-electron chi connectivity index (χ3n) is 4.78. The van der Waals surface area contributed by atoms with Crippen molar-refractivity contribution in [2.24, 2.45) is 0 Å². The van der Waals surface area contributed by atoms with Crippen molar-refractivity contribution in [3.05, 3.63) is 56.9 Å². The molecule has 0 saturated carbocycles. The second-order valence-corrected chi connectivity index (χ2v) is 8.46. The van der Waals surface area contributed by atoms with Gasteiger partial charge in [0.1, 0.15) is 5.75 Å². The Balaban J connectivity index is 2.69. The molecule has 12 heteroatoms. The van der Waals surface area contributed by atoms with Crippen LogP contribution in [0.3, 0.4) is 0 Å². The number of nitro benzene ring substituents is 1. The maximum atomic E-state index is 12.9. The van der Waals surface area contributed by atoms with E-state index in [0.717, 1.165) is 0 Å². The Morgan fingerprint density at radius 1 is 1.09 bits per heavy atom. The molecule has 0 saturated heterocycles. The van der Waals surface area contributed by atoms with Gasteiger partial charge in [0.15, 0.2) is 0 Å². The zero-order chi connectivity index (χ0) is 25.4. The van der Waals surface area contributed by atoms with Gasteiger partial charge < -0.3 is 23.7 Å². The number of carbonyl (C=O) groups excluding carboxylic acids is 3. The number of nitro groups is 1. The van der Waals surface area contributed by atoms with Crippen molar-refractivity contribution in [1.29, 1.82) is 0 Å². The summed E-state index contributed by atoms with van der Waals surface area (Å²) in [6.07, 6.45) is -0.144. The summed E-state index contributed by atoms with van der Waals surface area (Å²) >= 11 is -1.75. The quantitative estimate of drug-likeness (QED) is 0.156. The van der Waals surface area contributed by atoms with Gasteiger partial charge >= 0.3 is 17.9 Å². The van der Waals surface area contributed by atoms with Crippen LogP contribution in [0, 0.1) is 10.1 Å². The van der Waals surface area contributed by atoms with E-state index >= 15 is 0 Å². The molecule has 0 N–H and O–H groups in total. The highest BCUT2D eigenvalue weighted by atomic mass is 32.2. The average Bonchev–Trinajstić information content (AvgIpc) is 2.78. The normalized spacial score (nSPS) is 14.6. The van der Waals surface area contributed by atoms with Crippen molar-refractivity contribution in [2.45, 2.75) is 34.1 Å². The molecular formula is C22H26N2O9S. The van der Waals surface area contributed by atoms with E-state index in [1.165, 1.54) is 30.0 Å². The number of nitrogens with zero attached hydrogens (tertiary/aromatic N) is 2. The van der Waals surface area contributed by atoms with Gasteiger partial charge in [-0.1, -0.05) is 6.07 Å². The van der Waals surface area contributed by atoms with Crippen LogP contribution in [0.25, 0.3) is 0 Å². The first-order chi connectivity index (χ1) is 16.1. The number of esters is 3. The van der Waals surface area contributed by atoms with Crippen LogP contribution >= 0.6 is 0 Å². The Bertz CT molecular complexity index is 1030. The summed E-state index contributed by atoms with van der Waals surface area (Å²) in [6, 6.07) is 5.59. The first kappa shape index (κ1) is 26.9. The van der Waals surface area contributed by atoms with Crippen molar-refractivity contribution in [3.63, 3.8) is 0 Å². The molecule has 0 aromatic heterocycles. The molecule has 1 atom stereocenters. The second-order valence-electron chi connectivity index (χ2n) is 7.06. The summed E-state index contributed by atoms with van der Waals surface area (Å²) in [5.41, 5.74) is 0.840. The molecule has 0 amide bonds. The third-order valence-corrected chi connectivity index (χ3v) is 5.75. The minimum Gasteiger partial charge on any atom is -0.613 e. The highest BCUT2D eigenvalue weighted by Crippen LogP contribution is 2.38. The van der Waals surface area contributed by atoms with Crippen LogP contribution in [0.2, 0.25) is 0 Å². The molecule has 1 heterocycles. The van der Waals surface area contributed by atoms with E-state index in [2.05, 4.69) is 0 Å². The lowest BCUT2D eigenvalue weighted by Crippen LogP contribution is -2.36. The van der Waals surface area contributed by atoms with Gasteiger partial charge in [-0.2, -0.15) is 0 Å². The molecule has 2 rings (SSSR count). The van der Waals surface area contributed by atoms with E-state index in [9.17, 15) is 29.1 Å². The van der Waals surface area contributed by atoms with Crippen LogP contribution in [-0.4, -0.2) is 52.3 Å². The minimum absolute atomic E-state index is 0.0539. The Labute approximate surface area is 199 Å². The molecule has 184 valence electrons. The number of non-ortho nitro benzene ring substituents is 1. The number of ether oxygens (including phenoxy) is 3. The number of hydrogen-bond acceptors (Lipinski definition) is 10. The molecule has 34 heavy (non-hydrogen) atoms. The minimum atomic E-state index is -1.75. The lowest BCUT2D eigenvalue weighted by Gasteiger charge is -2.34. The molecule has 11 nitrogen and oxygen atoms in total. The third kappa shape index (κ3) is 6.58. The van der Waals surface area contributed by atoms with Crippen molar-refractivity contribution in [2.75, 3.05) is 29.8 Å². The Kier molecular flexibility index (Phi) is 9.63. The number of carbonyl (C=O) groups is 3. The number of hydrogen-bond donors (Lipinski definition) is 0. The molecule has 0 aliphatic carbocycles. The van der Waals surface area contributed by atoms with Crippen LogP contribution in [0.4, 0.5) is 11.4 Å². The Morgan fingerprint density at radius 2 is 1.71 bits per heavy atom. The van der Waals surface area contributed by atoms with Gasteiger partial charge in [-0.3, -0.25) is 14.9 Å². The topological polar surface area (TPSA) is 148 Å². The summed E-state index contributed by atoms with van der Waals surface area (Å²) < 4.78 is 27.9. The van der Waals surface area contributed by atoms with E-state index in [1.807, 2.05) is 0 Å². The summed E-state index contributed by atoms with van der Waals surface area (Å²) in [5, 5.41) is 11.4. The molecule has 0 radical (unpaired) electrons. The maximum absolute atomic E-state index is 12.9. The van der Waals surface area contributed by atoms with Crippen LogP contribution in [0.15, 0.2) is 46.8 Å². The van der Waals surface area contributed by atoms with Gasteiger partial charge in [0.05, 0.1) is 40.7 Å². The van der Waals surface area contributed by atoms with Crippen molar-refractivity contribution in [1.82, 2.24) is 0 Å². The van der Waals surface area contributed by atoms with Crippen LogP contribution in [-0.2, 0) is 39.8 Å². The van der Waals surface area contributed by atoms with E-state index < -0.39 is 39.9 Å². The van der Waals surface area contributed by atoms with Crippen LogP contribution < -0.4 is 4.90 Å². The predicted octanol–water partition coefficient (Wildman–Crippen LogP) is 2.73. The largest absolute Gasteiger partial charge is 0.613 e. The number of rotatable bonds is 10. The Morgan fingerprint density at radius 3 is 2.26 bits per heavy atom. The SMILES string of the molecule is CCOC(=O)C1=C(C)N(c2cccc([N+](=O)[O-])c2)C(C[S+]([O-])COC(C)=O)=C(C(=O)OCC)C1. The fourth-order valence-electron chi connectivity index (χ4n) is 3.32.